The van der Waals surface area contributed by atoms with Crippen molar-refractivity contribution >= 4 is 35.0 Å². The summed E-state index contributed by atoms with van der Waals surface area (Å²) in [5, 5.41) is 5.02. The number of nitrogens with zero attached hydrogens (tertiary/aromatic N) is 5. The van der Waals surface area contributed by atoms with E-state index in [0.29, 0.717) is 22.5 Å². The maximum atomic E-state index is 13.3. The van der Waals surface area contributed by atoms with Crippen molar-refractivity contribution in [1.82, 2.24) is 24.5 Å². The van der Waals surface area contributed by atoms with E-state index in [1.807, 2.05) is 13.2 Å². The third-order valence-corrected chi connectivity index (χ3v) is 5.97. The highest BCUT2D eigenvalue weighted by Crippen LogP contribution is 2.34. The minimum absolute atomic E-state index is 0.113. The first kappa shape index (κ1) is 24.6. The molecular weight excluding hydrogens is 495 g/mol. The number of rotatable bonds is 6. The lowest BCUT2D eigenvalue weighted by Gasteiger charge is -2.33. The van der Waals surface area contributed by atoms with E-state index in [0.717, 1.165) is 12.1 Å². The highest BCUT2D eigenvalue weighted by Gasteiger charge is 2.34. The predicted molar refractivity (Wildman–Crippen MR) is 119 cm³/mol. The Kier molecular flexibility index (Phi) is 7.20. The molecule has 1 atom stereocenters. The molecule has 1 aliphatic heterocycles. The number of hydrogen-bond acceptors (Lipinski definition) is 7. The number of aromatic nitrogens is 4. The fourth-order valence-corrected chi connectivity index (χ4v) is 4.14. The van der Waals surface area contributed by atoms with Gasteiger partial charge in [0.15, 0.2) is 0 Å². The van der Waals surface area contributed by atoms with Crippen molar-refractivity contribution < 1.29 is 27.4 Å². The number of alkyl halides is 3. The zero-order chi connectivity index (χ0) is 24.5. The van der Waals surface area contributed by atoms with Gasteiger partial charge in [0, 0.05) is 23.3 Å². The second-order valence-electron chi connectivity index (χ2n) is 7.67. The van der Waals surface area contributed by atoms with Crippen molar-refractivity contribution in [1.29, 1.82) is 0 Å². The van der Waals surface area contributed by atoms with E-state index in [1.54, 1.807) is 6.07 Å². The largest absolute Gasteiger partial charge is 0.475 e. The summed E-state index contributed by atoms with van der Waals surface area (Å²) in [6.07, 6.45) is -3.60. The van der Waals surface area contributed by atoms with E-state index in [2.05, 4.69) is 15.1 Å². The van der Waals surface area contributed by atoms with Crippen LogP contribution in [0.15, 0.2) is 29.4 Å². The zero-order valence-electron chi connectivity index (χ0n) is 18.3. The summed E-state index contributed by atoms with van der Waals surface area (Å²) in [4.78, 5) is 22.9. The van der Waals surface area contributed by atoms with Crippen LogP contribution in [0.3, 0.4) is 0 Å². The monoisotopic (exact) mass is 515 g/mol. The fourth-order valence-electron chi connectivity index (χ4n) is 3.61. The molecule has 3 heterocycles. The molecule has 0 aliphatic carbocycles. The van der Waals surface area contributed by atoms with Crippen LogP contribution in [0.5, 0.6) is 5.88 Å². The SMILES string of the molecule is CSc1nc2nc(C)cc(OCC3CN(C(=O)Cc4cc(Cl)ccc4C(F)(F)F)CCO3)n2n1. The van der Waals surface area contributed by atoms with Gasteiger partial charge in [-0.05, 0) is 36.9 Å². The first-order chi connectivity index (χ1) is 16.1. The second kappa shape index (κ2) is 9.96. The van der Waals surface area contributed by atoms with Gasteiger partial charge in [0.1, 0.15) is 12.7 Å². The van der Waals surface area contributed by atoms with E-state index in [1.165, 1.54) is 27.2 Å². The third kappa shape index (κ3) is 5.56. The van der Waals surface area contributed by atoms with E-state index in [-0.39, 0.29) is 36.9 Å². The van der Waals surface area contributed by atoms with Crippen LogP contribution >= 0.6 is 23.4 Å². The van der Waals surface area contributed by atoms with Gasteiger partial charge in [-0.2, -0.15) is 22.7 Å². The molecule has 1 aliphatic rings. The van der Waals surface area contributed by atoms with Crippen molar-refractivity contribution in [2.45, 2.75) is 30.8 Å². The Labute approximate surface area is 202 Å². The number of carbonyl (C=O) groups is 1. The Balaban J connectivity index is 1.43. The number of amides is 1. The number of carbonyl (C=O) groups excluding carboxylic acids is 1. The molecule has 0 saturated carbocycles. The lowest BCUT2D eigenvalue weighted by molar-refractivity contribution is -0.141. The molecule has 0 N–H and O–H groups in total. The van der Waals surface area contributed by atoms with Crippen LogP contribution in [0.2, 0.25) is 5.02 Å². The average molecular weight is 516 g/mol. The van der Waals surface area contributed by atoms with Gasteiger partial charge in [0.25, 0.3) is 5.78 Å². The third-order valence-electron chi connectivity index (χ3n) is 5.19. The van der Waals surface area contributed by atoms with E-state index >= 15 is 0 Å². The lowest BCUT2D eigenvalue weighted by atomic mass is 10.0. The summed E-state index contributed by atoms with van der Waals surface area (Å²) in [5.41, 5.74) is -0.325. The molecule has 0 bridgehead atoms. The van der Waals surface area contributed by atoms with Crippen LogP contribution in [0, 0.1) is 6.92 Å². The number of morpholine rings is 1. The maximum Gasteiger partial charge on any atom is 0.416 e. The second-order valence-corrected chi connectivity index (χ2v) is 8.88. The number of aryl methyl sites for hydroxylation is 1. The molecule has 4 rings (SSSR count). The van der Waals surface area contributed by atoms with E-state index in [4.69, 9.17) is 21.1 Å². The van der Waals surface area contributed by atoms with Gasteiger partial charge in [-0.15, -0.1) is 5.10 Å². The van der Waals surface area contributed by atoms with Crippen LogP contribution < -0.4 is 4.74 Å². The molecule has 2 aromatic heterocycles. The molecule has 3 aromatic rings. The van der Waals surface area contributed by atoms with Gasteiger partial charge in [-0.25, -0.2) is 4.98 Å². The van der Waals surface area contributed by atoms with Crippen LogP contribution in [0.4, 0.5) is 13.2 Å². The number of benzene rings is 1. The van der Waals surface area contributed by atoms with Gasteiger partial charge in [0.05, 0.1) is 25.1 Å². The molecule has 1 fully saturated rings. The first-order valence-electron chi connectivity index (χ1n) is 10.3. The average Bonchev–Trinajstić information content (AvgIpc) is 3.20. The summed E-state index contributed by atoms with van der Waals surface area (Å²) in [5.74, 6) is 0.392. The molecule has 182 valence electrons. The first-order valence-corrected chi connectivity index (χ1v) is 11.9. The molecule has 1 amide bonds. The number of thioether (sulfide) groups is 1. The van der Waals surface area contributed by atoms with Crippen LogP contribution in [-0.4, -0.2) is 69.1 Å². The van der Waals surface area contributed by atoms with Gasteiger partial charge in [-0.1, -0.05) is 23.4 Å². The molecule has 0 spiro atoms. The Bertz CT molecular complexity index is 1210. The molecule has 1 aromatic carbocycles. The Hall–Kier alpha value is -2.57. The topological polar surface area (TPSA) is 81.9 Å². The summed E-state index contributed by atoms with van der Waals surface area (Å²) in [7, 11) is 0. The molecular formula is C21H21ClF3N5O3S. The highest BCUT2D eigenvalue weighted by atomic mass is 35.5. The van der Waals surface area contributed by atoms with E-state index in [9.17, 15) is 18.0 Å². The Morgan fingerprint density at radius 3 is 2.85 bits per heavy atom. The highest BCUT2D eigenvalue weighted by molar-refractivity contribution is 7.98. The smallest absolute Gasteiger partial charge is 0.416 e. The summed E-state index contributed by atoms with van der Waals surface area (Å²) in [6.45, 7) is 2.62. The normalized spacial score (nSPS) is 16.8. The summed E-state index contributed by atoms with van der Waals surface area (Å²) < 4.78 is 53.1. The van der Waals surface area contributed by atoms with Crippen LogP contribution in [0.1, 0.15) is 16.8 Å². The molecule has 1 unspecified atom stereocenters. The summed E-state index contributed by atoms with van der Waals surface area (Å²) >= 11 is 7.25. The molecule has 1 saturated heterocycles. The molecule has 13 heteroatoms. The maximum absolute atomic E-state index is 13.3. The van der Waals surface area contributed by atoms with Crippen molar-refractivity contribution in [2.24, 2.45) is 0 Å². The summed E-state index contributed by atoms with van der Waals surface area (Å²) in [6, 6.07) is 4.96. The minimum atomic E-state index is -4.58. The standard InChI is InChI=1S/C21H21ClF3N5O3S/c1-12-7-18(30-19(26-12)27-20(28-30)34-2)33-11-15-10-29(5-6-32-15)17(31)9-13-8-14(22)3-4-16(13)21(23,24)25/h3-4,7-8,15H,5-6,9-11H2,1-2H3. The van der Waals surface area contributed by atoms with Gasteiger partial charge in [0.2, 0.25) is 16.9 Å². The van der Waals surface area contributed by atoms with Crippen molar-refractivity contribution in [2.75, 3.05) is 32.6 Å². The van der Waals surface area contributed by atoms with Gasteiger partial charge in [-0.3, -0.25) is 4.79 Å². The predicted octanol–water partition coefficient (Wildman–Crippen LogP) is 3.68. The lowest BCUT2D eigenvalue weighted by Crippen LogP contribution is -2.48. The van der Waals surface area contributed by atoms with Gasteiger partial charge >= 0.3 is 6.18 Å². The fraction of sp³-hybridized carbons (Fsp3) is 0.429. The minimum Gasteiger partial charge on any atom is -0.475 e. The molecule has 0 radical (unpaired) electrons. The molecule has 8 nitrogen and oxygen atoms in total. The Morgan fingerprint density at radius 2 is 2.12 bits per heavy atom. The van der Waals surface area contributed by atoms with E-state index < -0.39 is 30.2 Å². The number of halogens is 4. The van der Waals surface area contributed by atoms with Crippen molar-refractivity contribution in [3.05, 3.63) is 46.1 Å². The number of fused-ring (bicyclic) bond motifs is 1. The number of hydrogen-bond donors (Lipinski definition) is 0. The van der Waals surface area contributed by atoms with Crippen LogP contribution in [-0.2, 0) is 22.1 Å². The quantitative estimate of drug-likeness (QED) is 0.463. The molecule has 34 heavy (non-hydrogen) atoms. The van der Waals surface area contributed by atoms with Crippen molar-refractivity contribution in [3.63, 3.8) is 0 Å². The van der Waals surface area contributed by atoms with Crippen LogP contribution in [0.25, 0.3) is 5.78 Å². The zero-order valence-corrected chi connectivity index (χ0v) is 19.9. The van der Waals surface area contributed by atoms with Gasteiger partial charge < -0.3 is 14.4 Å². The van der Waals surface area contributed by atoms with Crippen molar-refractivity contribution in [3.8, 4) is 5.88 Å². The Morgan fingerprint density at radius 1 is 1.32 bits per heavy atom. The number of ether oxygens (including phenoxy) is 2.